The molecule has 6 heteroatoms. The molecule has 0 heterocycles. The minimum Gasteiger partial charge on any atom is -0.459 e. The van der Waals surface area contributed by atoms with E-state index in [1.807, 2.05) is 60.7 Å². The number of carbonyl (C=O) groups excluding carboxylic acids is 2. The number of carbonyl (C=O) groups is 2. The second kappa shape index (κ2) is 11.1. The molecule has 2 aromatic carbocycles. The normalized spacial score (nSPS) is 11.5. The number of rotatable bonds is 9. The third kappa shape index (κ3) is 6.39. The van der Waals surface area contributed by atoms with E-state index in [1.165, 1.54) is 4.90 Å². The van der Waals surface area contributed by atoms with Crippen LogP contribution in [-0.2, 0) is 22.6 Å². The fraction of sp³-hybridized carbons (Fsp3) is 0.364. The van der Waals surface area contributed by atoms with Crippen molar-refractivity contribution in [2.45, 2.75) is 26.0 Å². The van der Waals surface area contributed by atoms with Crippen LogP contribution in [0.2, 0.25) is 0 Å². The van der Waals surface area contributed by atoms with Gasteiger partial charge in [0.15, 0.2) is 0 Å². The van der Waals surface area contributed by atoms with Crippen molar-refractivity contribution < 1.29 is 19.4 Å². The van der Waals surface area contributed by atoms with Crippen molar-refractivity contribution in [3.8, 4) is 0 Å². The lowest BCUT2D eigenvalue weighted by Gasteiger charge is -2.30. The lowest BCUT2D eigenvalue weighted by atomic mass is 10.1. The van der Waals surface area contributed by atoms with Crippen molar-refractivity contribution in [3.63, 3.8) is 0 Å². The Bertz CT molecular complexity index is 737. The molecule has 0 spiro atoms. The lowest BCUT2D eigenvalue weighted by molar-refractivity contribution is -0.149. The third-order valence-corrected chi connectivity index (χ3v) is 4.60. The fourth-order valence-corrected chi connectivity index (χ4v) is 2.73. The Morgan fingerprint density at radius 3 is 2.11 bits per heavy atom. The van der Waals surface area contributed by atoms with Gasteiger partial charge >= 0.3 is 12.0 Å². The first kappa shape index (κ1) is 21.4. The van der Waals surface area contributed by atoms with E-state index in [4.69, 9.17) is 4.74 Å². The molecule has 0 unspecified atom stereocenters. The minimum atomic E-state index is -0.728. The van der Waals surface area contributed by atoms with Crippen LogP contribution in [0.1, 0.15) is 18.1 Å². The largest absolute Gasteiger partial charge is 0.459 e. The van der Waals surface area contributed by atoms with Gasteiger partial charge in [0.25, 0.3) is 0 Å². The Labute approximate surface area is 166 Å². The molecule has 0 bridgehead atoms. The number of esters is 1. The first-order chi connectivity index (χ1) is 13.5. The Kier molecular flexibility index (Phi) is 8.49. The molecule has 0 aliphatic rings. The summed E-state index contributed by atoms with van der Waals surface area (Å²) in [7, 11) is 1.57. The number of likely N-dealkylation sites (N-methyl/N-ethyl adjacent to an activating group) is 1. The van der Waals surface area contributed by atoms with Crippen molar-refractivity contribution in [1.82, 2.24) is 9.80 Å². The van der Waals surface area contributed by atoms with Gasteiger partial charge in [0.2, 0.25) is 0 Å². The van der Waals surface area contributed by atoms with Gasteiger partial charge in [0.05, 0.1) is 6.61 Å². The molecule has 1 atom stereocenters. The van der Waals surface area contributed by atoms with Crippen molar-refractivity contribution in [2.24, 2.45) is 0 Å². The number of hydrogen-bond donors (Lipinski definition) is 1. The van der Waals surface area contributed by atoms with Crippen molar-refractivity contribution in [3.05, 3.63) is 71.8 Å². The summed E-state index contributed by atoms with van der Waals surface area (Å²) >= 11 is 0. The van der Waals surface area contributed by atoms with Gasteiger partial charge in [-0.3, -0.25) is 0 Å². The summed E-state index contributed by atoms with van der Waals surface area (Å²) in [5, 5.41) is 9.32. The molecule has 2 amide bonds. The van der Waals surface area contributed by atoms with Crippen LogP contribution in [0.3, 0.4) is 0 Å². The van der Waals surface area contributed by atoms with Gasteiger partial charge in [-0.15, -0.1) is 0 Å². The number of ether oxygens (including phenoxy) is 1. The molecule has 2 aromatic rings. The summed E-state index contributed by atoms with van der Waals surface area (Å²) in [6.07, 6.45) is 0.674. The summed E-state index contributed by atoms with van der Waals surface area (Å²) in [4.78, 5) is 28.1. The Hall–Kier alpha value is -2.86. The average Bonchev–Trinajstić information content (AvgIpc) is 2.74. The molecule has 0 aromatic heterocycles. The molecule has 0 aliphatic heterocycles. The first-order valence-corrected chi connectivity index (χ1v) is 9.40. The SMILES string of the molecule is C[C@@H](C(=O)OCc1ccccc1)N(C)C(=O)N(CCO)CCc1ccccc1. The zero-order valence-electron chi connectivity index (χ0n) is 16.5. The zero-order valence-corrected chi connectivity index (χ0v) is 16.5. The number of amides is 2. The standard InChI is InChI=1S/C22H28N2O4/c1-18(21(26)28-17-20-11-7-4-8-12-20)23(2)22(27)24(15-16-25)14-13-19-9-5-3-6-10-19/h3-12,18,25H,13-17H2,1-2H3/t18-/m0/s1. The Morgan fingerprint density at radius 2 is 1.54 bits per heavy atom. The van der Waals surface area contributed by atoms with Crippen molar-refractivity contribution in [1.29, 1.82) is 0 Å². The molecule has 0 aliphatic carbocycles. The number of aliphatic hydroxyl groups is 1. The summed E-state index contributed by atoms with van der Waals surface area (Å²) in [5.74, 6) is -0.466. The van der Waals surface area contributed by atoms with Gasteiger partial charge in [-0.05, 0) is 24.5 Å². The fourth-order valence-electron chi connectivity index (χ4n) is 2.73. The molecule has 0 fully saturated rings. The molecule has 0 saturated carbocycles. The van der Waals surface area contributed by atoms with Gasteiger partial charge in [0, 0.05) is 20.1 Å². The van der Waals surface area contributed by atoms with E-state index in [-0.39, 0.29) is 25.8 Å². The predicted molar refractivity (Wildman–Crippen MR) is 108 cm³/mol. The lowest BCUT2D eigenvalue weighted by Crippen LogP contribution is -2.49. The van der Waals surface area contributed by atoms with Crippen LogP contribution in [-0.4, -0.2) is 59.7 Å². The van der Waals surface area contributed by atoms with Gasteiger partial charge in [-0.2, -0.15) is 0 Å². The molecule has 1 N–H and O–H groups in total. The van der Waals surface area contributed by atoms with Crippen molar-refractivity contribution >= 4 is 12.0 Å². The van der Waals surface area contributed by atoms with Crippen LogP contribution in [0, 0.1) is 0 Å². The number of hydrogen-bond acceptors (Lipinski definition) is 4. The van der Waals surface area contributed by atoms with Crippen LogP contribution in [0.15, 0.2) is 60.7 Å². The Morgan fingerprint density at radius 1 is 0.964 bits per heavy atom. The van der Waals surface area contributed by atoms with E-state index in [9.17, 15) is 14.7 Å². The van der Waals surface area contributed by atoms with E-state index < -0.39 is 12.0 Å². The highest BCUT2D eigenvalue weighted by Gasteiger charge is 2.27. The van der Waals surface area contributed by atoms with Gasteiger partial charge < -0.3 is 19.6 Å². The van der Waals surface area contributed by atoms with Gasteiger partial charge in [-0.25, -0.2) is 9.59 Å². The van der Waals surface area contributed by atoms with Crippen LogP contribution >= 0.6 is 0 Å². The van der Waals surface area contributed by atoms with E-state index in [1.54, 1.807) is 18.9 Å². The first-order valence-electron chi connectivity index (χ1n) is 9.40. The topological polar surface area (TPSA) is 70.1 Å². The molecule has 6 nitrogen and oxygen atoms in total. The average molecular weight is 384 g/mol. The molecule has 150 valence electrons. The smallest absolute Gasteiger partial charge is 0.328 e. The highest BCUT2D eigenvalue weighted by molar-refractivity contribution is 5.83. The quantitative estimate of drug-likeness (QED) is 0.675. The van der Waals surface area contributed by atoms with Crippen LogP contribution in [0.25, 0.3) is 0 Å². The third-order valence-electron chi connectivity index (χ3n) is 4.60. The van der Waals surface area contributed by atoms with Crippen LogP contribution in [0.5, 0.6) is 0 Å². The highest BCUT2D eigenvalue weighted by atomic mass is 16.5. The summed E-state index contributed by atoms with van der Waals surface area (Å²) in [6.45, 7) is 2.34. The monoisotopic (exact) mass is 384 g/mol. The van der Waals surface area contributed by atoms with Gasteiger partial charge in [0.1, 0.15) is 12.6 Å². The Balaban J connectivity index is 1.91. The van der Waals surface area contributed by atoms with E-state index in [2.05, 4.69) is 0 Å². The zero-order chi connectivity index (χ0) is 20.4. The molecular weight excluding hydrogens is 356 g/mol. The van der Waals surface area contributed by atoms with E-state index in [0.29, 0.717) is 13.0 Å². The summed E-state index contributed by atoms with van der Waals surface area (Å²) in [6, 6.07) is 18.2. The summed E-state index contributed by atoms with van der Waals surface area (Å²) < 4.78 is 5.33. The van der Waals surface area contributed by atoms with E-state index >= 15 is 0 Å². The van der Waals surface area contributed by atoms with Crippen molar-refractivity contribution in [2.75, 3.05) is 26.7 Å². The maximum Gasteiger partial charge on any atom is 0.328 e. The second-order valence-corrected chi connectivity index (χ2v) is 6.61. The summed E-state index contributed by atoms with van der Waals surface area (Å²) in [5.41, 5.74) is 2.00. The van der Waals surface area contributed by atoms with Crippen LogP contribution < -0.4 is 0 Å². The molecular formula is C22H28N2O4. The predicted octanol–water partition coefficient (Wildman–Crippen LogP) is 2.71. The highest BCUT2D eigenvalue weighted by Crippen LogP contribution is 2.09. The number of urea groups is 1. The molecule has 0 saturated heterocycles. The maximum absolute atomic E-state index is 12.8. The molecule has 2 rings (SSSR count). The van der Waals surface area contributed by atoms with E-state index in [0.717, 1.165) is 11.1 Å². The molecule has 0 radical (unpaired) electrons. The number of aliphatic hydroxyl groups excluding tert-OH is 1. The maximum atomic E-state index is 12.8. The van der Waals surface area contributed by atoms with Crippen LogP contribution in [0.4, 0.5) is 4.79 Å². The molecule has 28 heavy (non-hydrogen) atoms. The minimum absolute atomic E-state index is 0.138. The van der Waals surface area contributed by atoms with Gasteiger partial charge in [-0.1, -0.05) is 60.7 Å². The second-order valence-electron chi connectivity index (χ2n) is 6.61. The number of benzene rings is 2. The number of nitrogens with zero attached hydrogens (tertiary/aromatic N) is 2.